The average molecular weight is 289 g/mol. The molecular weight excluding hydrogens is 262 g/mol. The van der Waals surface area contributed by atoms with Gasteiger partial charge in [-0.2, -0.15) is 0 Å². The van der Waals surface area contributed by atoms with Crippen LogP contribution in [0.4, 0.5) is 0 Å². The molecule has 0 radical (unpaired) electrons. The number of piperidine rings is 1. The number of unbranched alkanes of at least 4 members (excludes halogenated alkanes) is 2. The number of aromatic nitrogens is 1. The Balaban J connectivity index is 1.67. The topological polar surface area (TPSA) is 45.2 Å². The van der Waals surface area contributed by atoms with Gasteiger partial charge in [0.05, 0.1) is 5.69 Å². The van der Waals surface area contributed by atoms with Crippen LogP contribution in [0.2, 0.25) is 0 Å². The number of carbonyl (C=O) groups is 1. The lowest BCUT2D eigenvalue weighted by molar-refractivity contribution is -0.126. The van der Waals surface area contributed by atoms with Crippen molar-refractivity contribution < 1.29 is 4.79 Å². The monoisotopic (exact) mass is 289 g/mol. The molecular formula is C17H27N3O. The second-order valence-electron chi connectivity index (χ2n) is 5.87. The Morgan fingerprint density at radius 3 is 2.81 bits per heavy atom. The molecule has 1 amide bonds. The van der Waals surface area contributed by atoms with Crippen molar-refractivity contribution in [3.63, 3.8) is 0 Å². The molecule has 0 atom stereocenters. The molecule has 0 saturated carbocycles. The van der Waals surface area contributed by atoms with Crippen molar-refractivity contribution in [2.45, 2.75) is 45.6 Å². The summed E-state index contributed by atoms with van der Waals surface area (Å²) < 4.78 is 0. The first-order valence-electron chi connectivity index (χ1n) is 8.19. The molecule has 2 rings (SSSR count). The maximum absolute atomic E-state index is 12.1. The van der Waals surface area contributed by atoms with Gasteiger partial charge >= 0.3 is 0 Å². The average Bonchev–Trinajstić information content (AvgIpc) is 2.53. The highest BCUT2D eigenvalue weighted by Gasteiger charge is 2.24. The van der Waals surface area contributed by atoms with Crippen LogP contribution in [-0.2, 0) is 11.3 Å². The summed E-state index contributed by atoms with van der Waals surface area (Å²) in [7, 11) is 0. The van der Waals surface area contributed by atoms with E-state index in [0.717, 1.165) is 51.1 Å². The Morgan fingerprint density at radius 2 is 2.14 bits per heavy atom. The molecule has 0 spiro atoms. The van der Waals surface area contributed by atoms with E-state index < -0.39 is 0 Å². The second kappa shape index (κ2) is 8.78. The van der Waals surface area contributed by atoms with Crippen molar-refractivity contribution in [1.82, 2.24) is 15.2 Å². The molecule has 1 aliphatic heterocycles. The van der Waals surface area contributed by atoms with Gasteiger partial charge in [0.2, 0.25) is 5.91 Å². The SMILES string of the molecule is CCCCCNC(=O)C1CCN(Cc2ccccn2)CC1. The number of nitrogens with one attached hydrogen (secondary N) is 1. The van der Waals surface area contributed by atoms with E-state index in [-0.39, 0.29) is 11.8 Å². The van der Waals surface area contributed by atoms with E-state index in [2.05, 4.69) is 28.2 Å². The number of carbonyl (C=O) groups excluding carboxylic acids is 1. The highest BCUT2D eigenvalue weighted by Crippen LogP contribution is 2.18. The van der Waals surface area contributed by atoms with Gasteiger partial charge in [0.15, 0.2) is 0 Å². The van der Waals surface area contributed by atoms with Crippen LogP contribution < -0.4 is 5.32 Å². The summed E-state index contributed by atoms with van der Waals surface area (Å²) >= 11 is 0. The van der Waals surface area contributed by atoms with E-state index in [9.17, 15) is 4.79 Å². The van der Waals surface area contributed by atoms with Crippen molar-refractivity contribution in [3.05, 3.63) is 30.1 Å². The standard InChI is InChI=1S/C17H27N3O/c1-2-3-5-11-19-17(21)15-8-12-20(13-9-15)14-16-7-4-6-10-18-16/h4,6-7,10,15H,2-3,5,8-9,11-14H2,1H3,(H,19,21). The number of nitrogens with zero attached hydrogens (tertiary/aromatic N) is 2. The maximum atomic E-state index is 12.1. The van der Waals surface area contributed by atoms with Crippen LogP contribution in [0.1, 0.15) is 44.7 Å². The number of amides is 1. The van der Waals surface area contributed by atoms with Gasteiger partial charge in [0, 0.05) is 25.2 Å². The molecule has 2 heterocycles. The molecule has 4 nitrogen and oxygen atoms in total. The number of rotatable bonds is 7. The Bertz CT molecular complexity index is 413. The van der Waals surface area contributed by atoms with Crippen molar-refractivity contribution in [1.29, 1.82) is 0 Å². The third kappa shape index (κ3) is 5.46. The summed E-state index contributed by atoms with van der Waals surface area (Å²) in [6.45, 7) is 5.89. The van der Waals surface area contributed by atoms with Gasteiger partial charge in [-0.05, 0) is 44.5 Å². The molecule has 116 valence electrons. The summed E-state index contributed by atoms with van der Waals surface area (Å²) in [5.74, 6) is 0.454. The van der Waals surface area contributed by atoms with Gasteiger partial charge in [-0.15, -0.1) is 0 Å². The summed E-state index contributed by atoms with van der Waals surface area (Å²) in [5.41, 5.74) is 1.11. The molecule has 1 saturated heterocycles. The first kappa shape index (κ1) is 16.0. The van der Waals surface area contributed by atoms with Crippen LogP contribution >= 0.6 is 0 Å². The van der Waals surface area contributed by atoms with Crippen molar-refractivity contribution in [2.24, 2.45) is 5.92 Å². The molecule has 1 aromatic heterocycles. The molecule has 0 aliphatic carbocycles. The van der Waals surface area contributed by atoms with Crippen molar-refractivity contribution >= 4 is 5.91 Å². The van der Waals surface area contributed by atoms with E-state index in [1.54, 1.807) is 0 Å². The van der Waals surface area contributed by atoms with E-state index in [1.807, 2.05) is 18.3 Å². The van der Waals surface area contributed by atoms with E-state index in [0.29, 0.717) is 0 Å². The first-order valence-corrected chi connectivity index (χ1v) is 8.19. The highest BCUT2D eigenvalue weighted by molar-refractivity contribution is 5.78. The number of hydrogen-bond acceptors (Lipinski definition) is 3. The Kier molecular flexibility index (Phi) is 6.67. The van der Waals surface area contributed by atoms with Crippen LogP contribution in [0.3, 0.4) is 0 Å². The molecule has 4 heteroatoms. The van der Waals surface area contributed by atoms with Gasteiger partial charge < -0.3 is 5.32 Å². The molecule has 0 aromatic carbocycles. The number of likely N-dealkylation sites (tertiary alicyclic amines) is 1. The summed E-state index contributed by atoms with van der Waals surface area (Å²) in [4.78, 5) is 18.8. The minimum absolute atomic E-state index is 0.201. The molecule has 0 bridgehead atoms. The summed E-state index contributed by atoms with van der Waals surface area (Å²) in [5, 5.41) is 3.08. The normalized spacial score (nSPS) is 16.8. The molecule has 1 N–H and O–H groups in total. The molecule has 0 unspecified atom stereocenters. The maximum Gasteiger partial charge on any atom is 0.223 e. The predicted octanol–water partition coefficient (Wildman–Crippen LogP) is 2.60. The van der Waals surface area contributed by atoms with Crippen LogP contribution in [0.15, 0.2) is 24.4 Å². The Morgan fingerprint density at radius 1 is 1.33 bits per heavy atom. The van der Waals surface area contributed by atoms with Gasteiger partial charge in [-0.25, -0.2) is 0 Å². The smallest absolute Gasteiger partial charge is 0.223 e. The third-order valence-corrected chi connectivity index (χ3v) is 4.15. The predicted molar refractivity (Wildman–Crippen MR) is 84.8 cm³/mol. The lowest BCUT2D eigenvalue weighted by atomic mass is 9.95. The number of hydrogen-bond donors (Lipinski definition) is 1. The first-order chi connectivity index (χ1) is 10.3. The summed E-state index contributed by atoms with van der Waals surface area (Å²) in [6, 6.07) is 6.03. The summed E-state index contributed by atoms with van der Waals surface area (Å²) in [6.07, 6.45) is 7.26. The van der Waals surface area contributed by atoms with Gasteiger partial charge in [0.1, 0.15) is 0 Å². The fourth-order valence-electron chi connectivity index (χ4n) is 2.80. The van der Waals surface area contributed by atoms with Crippen LogP contribution in [0.25, 0.3) is 0 Å². The zero-order valence-electron chi connectivity index (χ0n) is 13.1. The quantitative estimate of drug-likeness (QED) is 0.785. The Hall–Kier alpha value is -1.42. The van der Waals surface area contributed by atoms with Crippen LogP contribution in [0.5, 0.6) is 0 Å². The van der Waals surface area contributed by atoms with Crippen LogP contribution in [-0.4, -0.2) is 35.4 Å². The van der Waals surface area contributed by atoms with Crippen molar-refractivity contribution in [2.75, 3.05) is 19.6 Å². The number of pyridine rings is 1. The lowest BCUT2D eigenvalue weighted by Crippen LogP contribution is -2.40. The van der Waals surface area contributed by atoms with Crippen LogP contribution in [0, 0.1) is 5.92 Å². The molecule has 1 aliphatic rings. The fraction of sp³-hybridized carbons (Fsp3) is 0.647. The highest BCUT2D eigenvalue weighted by atomic mass is 16.1. The van der Waals surface area contributed by atoms with E-state index in [4.69, 9.17) is 0 Å². The van der Waals surface area contributed by atoms with Gasteiger partial charge in [-0.1, -0.05) is 25.8 Å². The van der Waals surface area contributed by atoms with E-state index in [1.165, 1.54) is 12.8 Å². The molecule has 21 heavy (non-hydrogen) atoms. The fourth-order valence-corrected chi connectivity index (χ4v) is 2.80. The van der Waals surface area contributed by atoms with E-state index >= 15 is 0 Å². The third-order valence-electron chi connectivity index (χ3n) is 4.15. The zero-order valence-corrected chi connectivity index (χ0v) is 13.1. The molecule has 1 aromatic rings. The van der Waals surface area contributed by atoms with Gasteiger partial charge in [-0.3, -0.25) is 14.7 Å². The lowest BCUT2D eigenvalue weighted by Gasteiger charge is -2.31. The largest absolute Gasteiger partial charge is 0.356 e. The molecule has 1 fully saturated rings. The van der Waals surface area contributed by atoms with Gasteiger partial charge in [0.25, 0.3) is 0 Å². The Labute approximate surface area is 127 Å². The minimum atomic E-state index is 0.201. The second-order valence-corrected chi connectivity index (χ2v) is 5.87. The minimum Gasteiger partial charge on any atom is -0.356 e. The van der Waals surface area contributed by atoms with Crippen molar-refractivity contribution in [3.8, 4) is 0 Å². The zero-order chi connectivity index (χ0) is 14.9.